The molecule has 0 fully saturated rings. The lowest BCUT2D eigenvalue weighted by Crippen LogP contribution is -2.45. The smallest absolute Gasteiger partial charge is 0.153 e. The molecule has 4 rings (SSSR count). The Labute approximate surface area is 152 Å². The van der Waals surface area contributed by atoms with Gasteiger partial charge >= 0.3 is 0 Å². The predicted octanol–water partition coefficient (Wildman–Crippen LogP) is 3.66. The van der Waals surface area contributed by atoms with Crippen LogP contribution in [0.3, 0.4) is 0 Å². The number of aliphatic hydroxyl groups is 2. The van der Waals surface area contributed by atoms with Crippen LogP contribution in [-0.2, 0) is 0 Å². The maximum absolute atomic E-state index is 10.7. The average molecular weight is 348 g/mol. The zero-order chi connectivity index (χ0) is 17.9. The van der Waals surface area contributed by atoms with Gasteiger partial charge in [0.2, 0.25) is 0 Å². The lowest BCUT2D eigenvalue weighted by Gasteiger charge is -2.39. The Morgan fingerprint density at radius 1 is 0.500 bits per heavy atom. The van der Waals surface area contributed by atoms with E-state index < -0.39 is 24.4 Å². The number of ether oxygens (including phenoxy) is 2. The summed E-state index contributed by atoms with van der Waals surface area (Å²) in [5.74, 6) is 1.28. The van der Waals surface area contributed by atoms with Gasteiger partial charge in [-0.15, -0.1) is 0 Å². The molecular formula is C22H20O4. The molecule has 0 unspecified atom stereocenters. The minimum Gasteiger partial charge on any atom is -0.483 e. The third-order valence-electron chi connectivity index (χ3n) is 4.59. The second kappa shape index (κ2) is 7.20. The van der Waals surface area contributed by atoms with E-state index in [1.165, 1.54) is 0 Å². The van der Waals surface area contributed by atoms with E-state index in [1.54, 1.807) is 0 Å². The van der Waals surface area contributed by atoms with Gasteiger partial charge in [0, 0.05) is 11.1 Å². The first-order valence-corrected chi connectivity index (χ1v) is 8.62. The molecule has 0 spiro atoms. The Morgan fingerprint density at radius 3 is 1.23 bits per heavy atom. The Hall–Kier alpha value is -2.82. The molecule has 0 saturated heterocycles. The molecule has 3 aromatic rings. The molecule has 3 aromatic carbocycles. The van der Waals surface area contributed by atoms with Gasteiger partial charge in [-0.3, -0.25) is 0 Å². The molecule has 4 heteroatoms. The number of hydrogen-bond acceptors (Lipinski definition) is 4. The van der Waals surface area contributed by atoms with Crippen molar-refractivity contribution in [3.63, 3.8) is 0 Å². The standard InChI is InChI=1S/C22H20O4/c23-19-20(24)22(26-16-11-5-2-6-12-16)18-14-8-7-13-17(18)21(19)25-15-9-3-1-4-10-15/h1-14,19-24H/t19-,20+,21-,22+. The van der Waals surface area contributed by atoms with Crippen LogP contribution in [0.5, 0.6) is 11.5 Å². The highest BCUT2D eigenvalue weighted by atomic mass is 16.5. The molecule has 4 atom stereocenters. The van der Waals surface area contributed by atoms with Crippen LogP contribution in [0, 0.1) is 0 Å². The normalized spacial score (nSPS) is 24.5. The molecule has 0 aromatic heterocycles. The molecule has 1 aliphatic carbocycles. The summed E-state index contributed by atoms with van der Waals surface area (Å²) in [5, 5.41) is 21.5. The van der Waals surface area contributed by atoms with E-state index in [9.17, 15) is 10.2 Å². The van der Waals surface area contributed by atoms with E-state index in [0.717, 1.165) is 11.1 Å². The molecule has 2 N–H and O–H groups in total. The van der Waals surface area contributed by atoms with Gasteiger partial charge in [-0.1, -0.05) is 60.7 Å². The lowest BCUT2D eigenvalue weighted by atomic mass is 9.83. The third kappa shape index (κ3) is 3.17. The van der Waals surface area contributed by atoms with E-state index >= 15 is 0 Å². The van der Waals surface area contributed by atoms with Crippen molar-refractivity contribution in [3.05, 3.63) is 96.1 Å². The molecule has 132 valence electrons. The Morgan fingerprint density at radius 2 is 0.846 bits per heavy atom. The Balaban J connectivity index is 1.69. The number of para-hydroxylation sites is 2. The van der Waals surface area contributed by atoms with Crippen molar-refractivity contribution in [2.75, 3.05) is 0 Å². The van der Waals surface area contributed by atoms with Crippen molar-refractivity contribution >= 4 is 0 Å². The Kier molecular flexibility index (Phi) is 4.61. The summed E-state index contributed by atoms with van der Waals surface area (Å²) in [6.45, 7) is 0. The van der Waals surface area contributed by atoms with Crippen LogP contribution in [0.25, 0.3) is 0 Å². The van der Waals surface area contributed by atoms with Crippen LogP contribution < -0.4 is 9.47 Å². The minimum atomic E-state index is -1.11. The topological polar surface area (TPSA) is 58.9 Å². The Bertz CT molecular complexity index is 778. The second-order valence-electron chi connectivity index (χ2n) is 6.31. The van der Waals surface area contributed by atoms with Crippen LogP contribution in [0.1, 0.15) is 23.3 Å². The summed E-state index contributed by atoms with van der Waals surface area (Å²) in [5.41, 5.74) is 1.63. The van der Waals surface area contributed by atoms with Gasteiger partial charge in [-0.05, 0) is 24.3 Å². The molecule has 0 radical (unpaired) electrons. The van der Waals surface area contributed by atoms with Gasteiger partial charge in [-0.2, -0.15) is 0 Å². The number of fused-ring (bicyclic) bond motifs is 1. The first-order chi connectivity index (χ1) is 12.7. The highest BCUT2D eigenvalue weighted by Gasteiger charge is 2.43. The first-order valence-electron chi connectivity index (χ1n) is 8.62. The highest BCUT2D eigenvalue weighted by Crippen LogP contribution is 2.41. The molecule has 0 saturated carbocycles. The molecule has 0 amide bonds. The number of hydrogen-bond donors (Lipinski definition) is 2. The first kappa shape index (κ1) is 16.6. The van der Waals surface area contributed by atoms with Crippen LogP contribution in [0.4, 0.5) is 0 Å². The predicted molar refractivity (Wildman–Crippen MR) is 98.1 cm³/mol. The summed E-state index contributed by atoms with van der Waals surface area (Å²) < 4.78 is 12.0. The fourth-order valence-electron chi connectivity index (χ4n) is 3.31. The monoisotopic (exact) mass is 348 g/mol. The summed E-state index contributed by atoms with van der Waals surface area (Å²) in [6, 6.07) is 26.2. The van der Waals surface area contributed by atoms with Gasteiger partial charge in [0.05, 0.1) is 0 Å². The molecule has 0 bridgehead atoms. The van der Waals surface area contributed by atoms with E-state index in [-0.39, 0.29) is 0 Å². The SMILES string of the molecule is O[C@@H]1[C@H](O)[C@@H](Oc2ccccc2)c2ccccc2[C@H]1Oc1ccccc1. The highest BCUT2D eigenvalue weighted by molar-refractivity contribution is 5.38. The third-order valence-corrected chi connectivity index (χ3v) is 4.59. The maximum Gasteiger partial charge on any atom is 0.153 e. The minimum absolute atomic E-state index is 0.640. The molecule has 4 nitrogen and oxygen atoms in total. The molecule has 26 heavy (non-hydrogen) atoms. The molecule has 1 aliphatic rings. The van der Waals surface area contributed by atoms with Crippen LogP contribution >= 0.6 is 0 Å². The molecule has 0 heterocycles. The summed E-state index contributed by atoms with van der Waals surface area (Å²) in [6.07, 6.45) is -3.56. The van der Waals surface area contributed by atoms with Crippen LogP contribution in [0.2, 0.25) is 0 Å². The number of rotatable bonds is 4. The van der Waals surface area contributed by atoms with Crippen LogP contribution in [-0.4, -0.2) is 22.4 Å². The van der Waals surface area contributed by atoms with Crippen molar-refractivity contribution in [1.82, 2.24) is 0 Å². The molecule has 0 aliphatic heterocycles. The summed E-state index contributed by atoms with van der Waals surface area (Å²) >= 11 is 0. The van der Waals surface area contributed by atoms with Gasteiger partial charge in [0.25, 0.3) is 0 Å². The lowest BCUT2D eigenvalue weighted by molar-refractivity contribution is -0.106. The van der Waals surface area contributed by atoms with Crippen LogP contribution in [0.15, 0.2) is 84.9 Å². The fourth-order valence-corrected chi connectivity index (χ4v) is 3.31. The zero-order valence-corrected chi connectivity index (χ0v) is 14.1. The average Bonchev–Trinajstić information content (AvgIpc) is 2.70. The van der Waals surface area contributed by atoms with Crippen molar-refractivity contribution in [2.24, 2.45) is 0 Å². The second-order valence-corrected chi connectivity index (χ2v) is 6.31. The van der Waals surface area contributed by atoms with E-state index in [0.29, 0.717) is 11.5 Å². The quantitative estimate of drug-likeness (QED) is 0.755. The largest absolute Gasteiger partial charge is 0.483 e. The van der Waals surface area contributed by atoms with Crippen molar-refractivity contribution in [3.8, 4) is 11.5 Å². The number of aliphatic hydroxyl groups excluding tert-OH is 2. The van der Waals surface area contributed by atoms with Crippen molar-refractivity contribution in [1.29, 1.82) is 0 Å². The number of benzene rings is 3. The van der Waals surface area contributed by atoms with Gasteiger partial charge < -0.3 is 19.7 Å². The van der Waals surface area contributed by atoms with E-state index in [1.807, 2.05) is 84.9 Å². The summed E-state index contributed by atoms with van der Waals surface area (Å²) in [7, 11) is 0. The van der Waals surface area contributed by atoms with Crippen molar-refractivity contribution < 1.29 is 19.7 Å². The van der Waals surface area contributed by atoms with E-state index in [4.69, 9.17) is 9.47 Å². The van der Waals surface area contributed by atoms with Gasteiger partial charge in [-0.25, -0.2) is 0 Å². The molecular weight excluding hydrogens is 328 g/mol. The summed E-state index contributed by atoms with van der Waals surface area (Å²) in [4.78, 5) is 0. The van der Waals surface area contributed by atoms with E-state index in [2.05, 4.69) is 0 Å². The maximum atomic E-state index is 10.7. The van der Waals surface area contributed by atoms with Gasteiger partial charge in [0.15, 0.2) is 12.2 Å². The van der Waals surface area contributed by atoms with Gasteiger partial charge in [0.1, 0.15) is 23.7 Å². The zero-order valence-electron chi connectivity index (χ0n) is 14.1. The fraction of sp³-hybridized carbons (Fsp3) is 0.182. The van der Waals surface area contributed by atoms with Crippen molar-refractivity contribution in [2.45, 2.75) is 24.4 Å².